The van der Waals surface area contributed by atoms with Crippen LogP contribution >= 0.6 is 0 Å². The van der Waals surface area contributed by atoms with E-state index in [0.717, 1.165) is 29.6 Å². The lowest BCUT2D eigenvalue weighted by Gasteiger charge is -2.09. The van der Waals surface area contributed by atoms with E-state index in [9.17, 15) is 9.59 Å². The molecule has 160 valence electrons. The fourth-order valence-corrected chi connectivity index (χ4v) is 3.98. The number of rotatable bonds is 9. The van der Waals surface area contributed by atoms with Crippen LogP contribution in [0.3, 0.4) is 0 Å². The summed E-state index contributed by atoms with van der Waals surface area (Å²) in [6, 6.07) is 15.1. The van der Waals surface area contributed by atoms with Gasteiger partial charge in [-0.1, -0.05) is 36.4 Å². The number of carbonyl (C=O) groups excluding carboxylic acids is 2. The Morgan fingerprint density at radius 2 is 1.68 bits per heavy atom. The summed E-state index contributed by atoms with van der Waals surface area (Å²) in [5.74, 6) is -0.293. The molecule has 0 saturated carbocycles. The first-order valence-electron chi connectivity index (χ1n) is 10.3. The third kappa shape index (κ3) is 3.97. The molecular weight excluding hydrogens is 394 g/mol. The molecule has 1 aliphatic heterocycles. The number of aromatic nitrogens is 1. The van der Waals surface area contributed by atoms with E-state index in [4.69, 9.17) is 9.84 Å². The lowest BCUT2D eigenvalue weighted by atomic mass is 9.95. The second-order valence-corrected chi connectivity index (χ2v) is 7.31. The quantitative estimate of drug-likeness (QED) is 0.365. The number of fused-ring (bicyclic) bond motifs is 1. The van der Waals surface area contributed by atoms with E-state index < -0.39 is 11.8 Å². The number of aliphatic hydroxyl groups excluding tert-OH is 1. The molecule has 2 aromatic carbocycles. The fraction of sp³-hybridized carbons (Fsp3) is 0.250. The smallest absolute Gasteiger partial charge is 0.259 e. The zero-order valence-corrected chi connectivity index (χ0v) is 17.4. The van der Waals surface area contributed by atoms with Crippen LogP contribution in [0, 0.1) is 0 Å². The van der Waals surface area contributed by atoms with Crippen molar-refractivity contribution in [3.63, 3.8) is 0 Å². The van der Waals surface area contributed by atoms with Crippen molar-refractivity contribution in [2.45, 2.75) is 13.0 Å². The van der Waals surface area contributed by atoms with Crippen LogP contribution in [-0.2, 0) is 16.1 Å². The normalized spacial score (nSPS) is 13.9. The molecule has 0 saturated heterocycles. The van der Waals surface area contributed by atoms with E-state index in [0.29, 0.717) is 35.4 Å². The van der Waals surface area contributed by atoms with Gasteiger partial charge in [0.1, 0.15) is 5.75 Å². The highest BCUT2D eigenvalue weighted by Crippen LogP contribution is 2.38. The number of nitrogens with one attached hydrogen (secondary N) is 2. The van der Waals surface area contributed by atoms with Crippen molar-refractivity contribution in [3.05, 3.63) is 65.9 Å². The second kappa shape index (κ2) is 9.16. The van der Waals surface area contributed by atoms with Crippen molar-refractivity contribution in [3.8, 4) is 5.75 Å². The third-order valence-electron chi connectivity index (χ3n) is 5.41. The molecule has 2 heterocycles. The monoisotopic (exact) mass is 419 g/mol. The van der Waals surface area contributed by atoms with Gasteiger partial charge in [-0.05, 0) is 25.1 Å². The molecule has 1 aromatic heterocycles. The van der Waals surface area contributed by atoms with Crippen LogP contribution in [-0.4, -0.2) is 48.3 Å². The minimum atomic E-state index is -0.424. The first-order chi connectivity index (χ1) is 15.2. The maximum absolute atomic E-state index is 12.9. The number of imide groups is 1. The lowest BCUT2D eigenvalue weighted by Crippen LogP contribution is -2.22. The summed E-state index contributed by atoms with van der Waals surface area (Å²) in [6.45, 7) is 2.32. The Kier molecular flexibility index (Phi) is 6.16. The summed E-state index contributed by atoms with van der Waals surface area (Å²) in [5.41, 5.74) is 2.98. The highest BCUT2D eigenvalue weighted by Gasteiger charge is 2.35. The first kappa shape index (κ1) is 20.8. The van der Waals surface area contributed by atoms with E-state index in [-0.39, 0.29) is 6.61 Å². The van der Waals surface area contributed by atoms with Crippen molar-refractivity contribution >= 4 is 33.9 Å². The molecule has 0 fully saturated rings. The van der Waals surface area contributed by atoms with E-state index >= 15 is 0 Å². The van der Waals surface area contributed by atoms with Gasteiger partial charge in [0, 0.05) is 47.9 Å². The van der Waals surface area contributed by atoms with Gasteiger partial charge in [-0.25, -0.2) is 0 Å². The summed E-state index contributed by atoms with van der Waals surface area (Å²) < 4.78 is 7.53. The van der Waals surface area contributed by atoms with Crippen LogP contribution in [0.25, 0.3) is 22.0 Å². The van der Waals surface area contributed by atoms with Gasteiger partial charge < -0.3 is 19.7 Å². The van der Waals surface area contributed by atoms with Gasteiger partial charge in [-0.15, -0.1) is 0 Å². The Bertz CT molecular complexity index is 1160. The van der Waals surface area contributed by atoms with Gasteiger partial charge in [-0.3, -0.25) is 14.9 Å². The average Bonchev–Trinajstić information content (AvgIpc) is 3.29. The van der Waals surface area contributed by atoms with Gasteiger partial charge in [0.15, 0.2) is 0 Å². The number of ether oxygens (including phenoxy) is 1. The first-order valence-corrected chi connectivity index (χ1v) is 10.3. The number of aliphatic hydroxyl groups is 1. The predicted molar refractivity (Wildman–Crippen MR) is 119 cm³/mol. The molecule has 1 aliphatic rings. The Balaban J connectivity index is 1.81. The maximum atomic E-state index is 12.9. The van der Waals surface area contributed by atoms with E-state index in [2.05, 4.69) is 15.2 Å². The van der Waals surface area contributed by atoms with Crippen LogP contribution in [0.1, 0.15) is 17.5 Å². The third-order valence-corrected chi connectivity index (χ3v) is 5.41. The summed E-state index contributed by atoms with van der Waals surface area (Å²) in [6.07, 6.45) is 2.64. The van der Waals surface area contributed by atoms with Crippen LogP contribution in [0.4, 0.5) is 0 Å². The second-order valence-electron chi connectivity index (χ2n) is 7.31. The standard InChI is InChI=1S/C24H25N3O4/c1-31-20-10-5-3-8-17(20)21-22(24(30)26-23(21)29)18-15-27(13-12-25-11-6-14-28)19-9-4-2-7-16(18)19/h2-5,7-10,15,25,28H,6,11-14H2,1H3,(H,26,29,30). The molecule has 31 heavy (non-hydrogen) atoms. The molecule has 3 N–H and O–H groups in total. The summed E-state index contributed by atoms with van der Waals surface area (Å²) in [4.78, 5) is 25.6. The van der Waals surface area contributed by atoms with Gasteiger partial charge >= 0.3 is 0 Å². The largest absolute Gasteiger partial charge is 0.496 e. The number of methoxy groups -OCH3 is 1. The molecule has 0 unspecified atom stereocenters. The zero-order valence-electron chi connectivity index (χ0n) is 17.4. The van der Waals surface area contributed by atoms with Crippen molar-refractivity contribution in [2.24, 2.45) is 0 Å². The molecule has 0 aliphatic carbocycles. The molecule has 2 amide bonds. The molecule has 4 rings (SSSR count). The zero-order chi connectivity index (χ0) is 21.8. The molecule has 0 spiro atoms. The molecule has 7 heteroatoms. The molecule has 0 radical (unpaired) electrons. The van der Waals surface area contributed by atoms with Crippen LogP contribution in [0.2, 0.25) is 0 Å². The number of hydrogen-bond donors (Lipinski definition) is 3. The highest BCUT2D eigenvalue weighted by atomic mass is 16.5. The van der Waals surface area contributed by atoms with E-state index in [1.165, 1.54) is 0 Å². The summed E-state index contributed by atoms with van der Waals surface area (Å²) >= 11 is 0. The Hall–Kier alpha value is -3.42. The topological polar surface area (TPSA) is 92.6 Å². The molecule has 0 bridgehead atoms. The summed E-state index contributed by atoms with van der Waals surface area (Å²) in [5, 5.41) is 15.6. The Labute approximate surface area is 180 Å². The number of nitrogens with zero attached hydrogens (tertiary/aromatic N) is 1. The number of amides is 2. The van der Waals surface area contributed by atoms with Crippen molar-refractivity contribution in [1.82, 2.24) is 15.2 Å². The van der Waals surface area contributed by atoms with Crippen molar-refractivity contribution in [1.29, 1.82) is 0 Å². The number of hydrogen-bond acceptors (Lipinski definition) is 5. The van der Waals surface area contributed by atoms with E-state index in [1.54, 1.807) is 19.2 Å². The number of para-hydroxylation sites is 2. The predicted octanol–water partition coefficient (Wildman–Crippen LogP) is 2.19. The van der Waals surface area contributed by atoms with Crippen molar-refractivity contribution in [2.75, 3.05) is 26.8 Å². The highest BCUT2D eigenvalue weighted by molar-refractivity contribution is 6.50. The van der Waals surface area contributed by atoms with Crippen LogP contribution in [0.15, 0.2) is 54.7 Å². The molecule has 0 atom stereocenters. The molecular formula is C24H25N3O4. The number of benzene rings is 2. The maximum Gasteiger partial charge on any atom is 0.259 e. The Morgan fingerprint density at radius 1 is 0.968 bits per heavy atom. The minimum absolute atomic E-state index is 0.159. The molecule has 3 aromatic rings. The SMILES string of the molecule is COc1ccccc1C1=C(c2cn(CCNCCCO)c3ccccc23)C(=O)NC1=O. The van der Waals surface area contributed by atoms with Gasteiger partial charge in [-0.2, -0.15) is 0 Å². The Morgan fingerprint density at radius 3 is 2.45 bits per heavy atom. The van der Waals surface area contributed by atoms with Gasteiger partial charge in [0.25, 0.3) is 11.8 Å². The minimum Gasteiger partial charge on any atom is -0.496 e. The molecule has 7 nitrogen and oxygen atoms in total. The van der Waals surface area contributed by atoms with E-state index in [1.807, 2.05) is 42.6 Å². The lowest BCUT2D eigenvalue weighted by molar-refractivity contribution is -0.122. The number of carbonyl (C=O) groups is 2. The average molecular weight is 419 g/mol. The van der Waals surface area contributed by atoms with Gasteiger partial charge in [0.2, 0.25) is 0 Å². The fourth-order valence-electron chi connectivity index (χ4n) is 3.98. The van der Waals surface area contributed by atoms with Crippen molar-refractivity contribution < 1.29 is 19.4 Å². The van der Waals surface area contributed by atoms with Gasteiger partial charge in [0.05, 0.1) is 18.3 Å². The van der Waals surface area contributed by atoms with Crippen LogP contribution in [0.5, 0.6) is 5.75 Å². The van der Waals surface area contributed by atoms with Crippen LogP contribution < -0.4 is 15.4 Å². The summed E-state index contributed by atoms with van der Waals surface area (Å²) in [7, 11) is 1.55.